The predicted octanol–water partition coefficient (Wildman–Crippen LogP) is 5.73. The summed E-state index contributed by atoms with van der Waals surface area (Å²) in [5.41, 5.74) is 2.78. The number of rotatable bonds is 2. The van der Waals surface area contributed by atoms with Crippen molar-refractivity contribution in [2.75, 3.05) is 5.75 Å². The number of hydrogen-bond acceptors (Lipinski definition) is 2. The maximum absolute atomic E-state index is 12.4. The minimum Gasteiger partial charge on any atom is -0.288 e. The van der Waals surface area contributed by atoms with Gasteiger partial charge in [0.1, 0.15) is 0 Å². The van der Waals surface area contributed by atoms with E-state index in [0.717, 1.165) is 21.6 Å². The molecule has 0 N–H and O–H groups in total. The Morgan fingerprint density at radius 3 is 1.86 bits per heavy atom. The van der Waals surface area contributed by atoms with Gasteiger partial charge in [0.25, 0.3) is 0 Å². The highest BCUT2D eigenvalue weighted by Gasteiger charge is 2.23. The monoisotopic (exact) mass is 346 g/mol. The first-order valence-corrected chi connectivity index (χ1v) is 8.47. The zero-order valence-corrected chi connectivity index (χ0v) is 13.9. The number of carbonyl (C=O) groups is 1. The van der Waals surface area contributed by atoms with Crippen molar-refractivity contribution >= 4 is 52.9 Å². The Balaban J connectivity index is 1.82. The van der Waals surface area contributed by atoms with Crippen LogP contribution in [-0.2, 0) is 4.79 Å². The maximum Gasteiger partial charge on any atom is 0.196 e. The number of benzene rings is 2. The lowest BCUT2D eigenvalue weighted by Crippen LogP contribution is -1.96. The fourth-order valence-corrected chi connectivity index (χ4v) is 3.39. The Labute approximate surface area is 143 Å². The van der Waals surface area contributed by atoms with Crippen LogP contribution >= 0.6 is 35.0 Å². The number of halogens is 2. The molecule has 1 heterocycles. The lowest BCUT2D eigenvalue weighted by Gasteiger charge is -1.97. The van der Waals surface area contributed by atoms with Crippen LogP contribution in [0.4, 0.5) is 0 Å². The fourth-order valence-electron chi connectivity index (χ4n) is 2.13. The molecule has 0 atom stereocenters. The second kappa shape index (κ2) is 6.74. The summed E-state index contributed by atoms with van der Waals surface area (Å²) < 4.78 is 0. The van der Waals surface area contributed by atoms with Crippen LogP contribution in [0.15, 0.2) is 59.0 Å². The molecule has 0 saturated carbocycles. The maximum atomic E-state index is 12.4. The van der Waals surface area contributed by atoms with Crippen molar-refractivity contribution in [1.29, 1.82) is 0 Å². The standard InChI is InChI=1S/C18H12Cl2OS/c19-15-5-1-12(2-6-15)9-14-11-22-17(18(14)21)10-13-3-7-16(20)8-4-13/h1-10H,11H2/b14-9+,17-10-. The van der Waals surface area contributed by atoms with Crippen LogP contribution in [0.3, 0.4) is 0 Å². The van der Waals surface area contributed by atoms with Crippen molar-refractivity contribution in [2.45, 2.75) is 0 Å². The first-order chi connectivity index (χ1) is 10.6. The van der Waals surface area contributed by atoms with E-state index in [9.17, 15) is 4.79 Å². The van der Waals surface area contributed by atoms with Crippen LogP contribution in [0.1, 0.15) is 11.1 Å². The Bertz CT molecular complexity index is 693. The van der Waals surface area contributed by atoms with Crippen molar-refractivity contribution in [3.63, 3.8) is 0 Å². The molecular formula is C18H12Cl2OS. The molecule has 110 valence electrons. The summed E-state index contributed by atoms with van der Waals surface area (Å²) in [4.78, 5) is 13.2. The molecule has 2 aromatic carbocycles. The minimum atomic E-state index is 0.0925. The molecule has 0 unspecified atom stereocenters. The van der Waals surface area contributed by atoms with Gasteiger partial charge in [0, 0.05) is 21.4 Å². The molecule has 4 heteroatoms. The van der Waals surface area contributed by atoms with Crippen LogP contribution in [-0.4, -0.2) is 11.5 Å². The van der Waals surface area contributed by atoms with Gasteiger partial charge in [0.15, 0.2) is 5.78 Å². The van der Waals surface area contributed by atoms with E-state index >= 15 is 0 Å². The van der Waals surface area contributed by atoms with E-state index in [0.29, 0.717) is 15.8 Å². The second-order valence-corrected chi connectivity index (χ2v) is 6.79. The van der Waals surface area contributed by atoms with Gasteiger partial charge in [0.05, 0.1) is 4.91 Å². The first kappa shape index (κ1) is 15.4. The van der Waals surface area contributed by atoms with Crippen molar-refractivity contribution < 1.29 is 4.79 Å². The van der Waals surface area contributed by atoms with Gasteiger partial charge in [-0.1, -0.05) is 47.5 Å². The second-order valence-electron chi connectivity index (χ2n) is 4.90. The van der Waals surface area contributed by atoms with Crippen LogP contribution in [0, 0.1) is 0 Å². The Morgan fingerprint density at radius 2 is 1.32 bits per heavy atom. The number of allylic oxidation sites excluding steroid dienone is 1. The molecule has 0 radical (unpaired) electrons. The van der Waals surface area contributed by atoms with E-state index < -0.39 is 0 Å². The quantitative estimate of drug-likeness (QED) is 0.645. The van der Waals surface area contributed by atoms with E-state index in [1.807, 2.05) is 60.7 Å². The van der Waals surface area contributed by atoms with E-state index in [1.165, 1.54) is 0 Å². The van der Waals surface area contributed by atoms with Crippen molar-refractivity contribution in [3.8, 4) is 0 Å². The normalized spacial score (nSPS) is 18.4. The Kier molecular flexibility index (Phi) is 4.72. The van der Waals surface area contributed by atoms with Gasteiger partial charge >= 0.3 is 0 Å². The molecular weight excluding hydrogens is 335 g/mol. The average molecular weight is 347 g/mol. The zero-order chi connectivity index (χ0) is 15.5. The van der Waals surface area contributed by atoms with Gasteiger partial charge in [-0.05, 0) is 47.5 Å². The van der Waals surface area contributed by atoms with E-state index in [1.54, 1.807) is 11.8 Å². The molecule has 1 nitrogen and oxygen atoms in total. The van der Waals surface area contributed by atoms with Gasteiger partial charge in [-0.15, -0.1) is 11.8 Å². The summed E-state index contributed by atoms with van der Waals surface area (Å²) >= 11 is 13.3. The molecule has 3 rings (SSSR count). The molecule has 22 heavy (non-hydrogen) atoms. The summed E-state index contributed by atoms with van der Waals surface area (Å²) in [7, 11) is 0. The summed E-state index contributed by atoms with van der Waals surface area (Å²) in [6.07, 6.45) is 3.83. The van der Waals surface area contributed by atoms with Gasteiger partial charge in [-0.25, -0.2) is 0 Å². The topological polar surface area (TPSA) is 17.1 Å². The number of ketones is 1. The van der Waals surface area contributed by atoms with Crippen LogP contribution in [0.5, 0.6) is 0 Å². The third-order valence-corrected chi connectivity index (χ3v) is 4.85. The van der Waals surface area contributed by atoms with Crippen LogP contribution in [0.25, 0.3) is 12.2 Å². The van der Waals surface area contributed by atoms with E-state index in [2.05, 4.69) is 0 Å². The number of hydrogen-bond donors (Lipinski definition) is 0. The fraction of sp³-hybridized carbons (Fsp3) is 0.0556. The molecule has 0 bridgehead atoms. The first-order valence-electron chi connectivity index (χ1n) is 6.73. The zero-order valence-electron chi connectivity index (χ0n) is 11.6. The SMILES string of the molecule is O=C1/C(=C/c2ccc(Cl)cc2)CS/C1=C\c1ccc(Cl)cc1. The molecule has 1 aliphatic rings. The molecule has 0 amide bonds. The molecule has 0 spiro atoms. The number of Topliss-reactive ketones (excluding diaryl/α,β-unsaturated/α-hetero) is 1. The van der Waals surface area contributed by atoms with E-state index in [4.69, 9.17) is 23.2 Å². The Morgan fingerprint density at radius 1 is 0.818 bits per heavy atom. The van der Waals surface area contributed by atoms with Gasteiger partial charge in [0.2, 0.25) is 0 Å². The van der Waals surface area contributed by atoms with Crippen molar-refractivity contribution in [2.24, 2.45) is 0 Å². The number of carbonyl (C=O) groups excluding carboxylic acids is 1. The third-order valence-electron chi connectivity index (χ3n) is 3.28. The molecule has 2 aromatic rings. The van der Waals surface area contributed by atoms with Gasteiger partial charge in [-0.3, -0.25) is 4.79 Å². The van der Waals surface area contributed by atoms with Crippen LogP contribution < -0.4 is 0 Å². The average Bonchev–Trinajstić information content (AvgIpc) is 2.85. The molecule has 1 aliphatic heterocycles. The van der Waals surface area contributed by atoms with Gasteiger partial charge in [-0.2, -0.15) is 0 Å². The highest BCUT2D eigenvalue weighted by Crippen LogP contribution is 2.34. The summed E-state index contributed by atoms with van der Waals surface area (Å²) in [5, 5.41) is 1.38. The molecule has 0 aromatic heterocycles. The highest BCUT2D eigenvalue weighted by atomic mass is 35.5. The van der Waals surface area contributed by atoms with Crippen LogP contribution in [0.2, 0.25) is 10.0 Å². The minimum absolute atomic E-state index is 0.0925. The van der Waals surface area contributed by atoms with Crippen molar-refractivity contribution in [1.82, 2.24) is 0 Å². The lowest BCUT2D eigenvalue weighted by atomic mass is 10.1. The largest absolute Gasteiger partial charge is 0.288 e. The molecule has 1 saturated heterocycles. The van der Waals surface area contributed by atoms with E-state index in [-0.39, 0.29) is 5.78 Å². The number of thioether (sulfide) groups is 1. The summed E-state index contributed by atoms with van der Waals surface area (Å²) in [6.45, 7) is 0. The van der Waals surface area contributed by atoms with Gasteiger partial charge < -0.3 is 0 Å². The highest BCUT2D eigenvalue weighted by molar-refractivity contribution is 8.05. The van der Waals surface area contributed by atoms with Crippen molar-refractivity contribution in [3.05, 3.63) is 80.2 Å². The third kappa shape index (κ3) is 3.64. The molecule has 0 aliphatic carbocycles. The predicted molar refractivity (Wildman–Crippen MR) is 96.3 cm³/mol. The smallest absolute Gasteiger partial charge is 0.196 e. The summed E-state index contributed by atoms with van der Waals surface area (Å²) in [5.74, 6) is 0.788. The summed E-state index contributed by atoms with van der Waals surface area (Å²) in [6, 6.07) is 14.9. The lowest BCUT2D eigenvalue weighted by molar-refractivity contribution is -0.111. The molecule has 1 fully saturated rings. The Hall–Kier alpha value is -1.48.